The Morgan fingerprint density at radius 1 is 1.41 bits per heavy atom. The van der Waals surface area contributed by atoms with Gasteiger partial charge in [0.1, 0.15) is 6.29 Å². The Morgan fingerprint density at radius 3 is 3.24 bits per heavy atom. The van der Waals surface area contributed by atoms with Crippen LogP contribution in [0.3, 0.4) is 0 Å². The van der Waals surface area contributed by atoms with Crippen LogP contribution in [0.4, 0.5) is 0 Å². The summed E-state index contributed by atoms with van der Waals surface area (Å²) in [6.45, 7) is 1.33. The van der Waals surface area contributed by atoms with Crippen LogP contribution in [0.25, 0.3) is 11.3 Å². The standard InChI is InChI=1S/C13H12N2O2/c16-7-9-2-1-3-10(6-9)13-11-8-17-5-4-12(11)14-15-13/h1-3,6-7H,4-5,8H2,(H,14,15). The summed E-state index contributed by atoms with van der Waals surface area (Å²) in [7, 11) is 0. The van der Waals surface area contributed by atoms with Crippen molar-refractivity contribution in [1.82, 2.24) is 10.2 Å². The lowest BCUT2D eigenvalue weighted by atomic mass is 10.0. The number of carbonyl (C=O) groups is 1. The van der Waals surface area contributed by atoms with E-state index in [4.69, 9.17) is 4.74 Å². The summed E-state index contributed by atoms with van der Waals surface area (Å²) in [4.78, 5) is 10.8. The fourth-order valence-electron chi connectivity index (χ4n) is 2.11. The molecule has 0 saturated carbocycles. The highest BCUT2D eigenvalue weighted by molar-refractivity contribution is 5.78. The monoisotopic (exact) mass is 228 g/mol. The van der Waals surface area contributed by atoms with Crippen LogP contribution in [-0.4, -0.2) is 23.1 Å². The quantitative estimate of drug-likeness (QED) is 0.799. The zero-order chi connectivity index (χ0) is 11.7. The van der Waals surface area contributed by atoms with Crippen molar-refractivity contribution < 1.29 is 9.53 Å². The normalized spacial score (nSPS) is 14.4. The minimum absolute atomic E-state index is 0.590. The highest BCUT2D eigenvalue weighted by Gasteiger charge is 2.18. The second-order valence-corrected chi connectivity index (χ2v) is 4.08. The van der Waals surface area contributed by atoms with Crippen molar-refractivity contribution in [2.24, 2.45) is 0 Å². The molecule has 1 aliphatic heterocycles. The molecule has 0 bridgehead atoms. The number of aromatic amines is 1. The number of rotatable bonds is 2. The molecular weight excluding hydrogens is 216 g/mol. The summed E-state index contributed by atoms with van der Waals surface area (Å²) in [6, 6.07) is 7.45. The van der Waals surface area contributed by atoms with Crippen LogP contribution in [0.2, 0.25) is 0 Å². The largest absolute Gasteiger partial charge is 0.376 e. The van der Waals surface area contributed by atoms with Gasteiger partial charge in [-0.1, -0.05) is 18.2 Å². The second-order valence-electron chi connectivity index (χ2n) is 4.08. The van der Waals surface area contributed by atoms with Crippen LogP contribution in [0.5, 0.6) is 0 Å². The fraction of sp³-hybridized carbons (Fsp3) is 0.231. The molecule has 0 aliphatic carbocycles. The molecule has 0 radical (unpaired) electrons. The van der Waals surface area contributed by atoms with Crippen molar-refractivity contribution in [2.45, 2.75) is 13.0 Å². The second kappa shape index (κ2) is 4.14. The third-order valence-corrected chi connectivity index (χ3v) is 2.99. The van der Waals surface area contributed by atoms with E-state index in [1.807, 2.05) is 18.2 Å². The van der Waals surface area contributed by atoms with Crippen LogP contribution in [0, 0.1) is 0 Å². The van der Waals surface area contributed by atoms with Gasteiger partial charge in [0.25, 0.3) is 0 Å². The SMILES string of the molecule is O=Cc1cccc(-c2n[nH]c3c2COCC3)c1. The summed E-state index contributed by atoms with van der Waals surface area (Å²) < 4.78 is 5.44. The molecular formula is C13H12N2O2. The molecule has 2 aromatic rings. The first-order chi connectivity index (χ1) is 8.38. The van der Waals surface area contributed by atoms with Crippen LogP contribution in [0.1, 0.15) is 21.6 Å². The van der Waals surface area contributed by atoms with E-state index in [2.05, 4.69) is 10.2 Å². The maximum atomic E-state index is 10.8. The minimum atomic E-state index is 0.590. The Kier molecular flexibility index (Phi) is 2.49. The van der Waals surface area contributed by atoms with Gasteiger partial charge in [0.05, 0.1) is 18.9 Å². The molecule has 0 fully saturated rings. The average molecular weight is 228 g/mol. The number of ether oxygens (including phenoxy) is 1. The van der Waals surface area contributed by atoms with Crippen molar-refractivity contribution in [3.8, 4) is 11.3 Å². The molecule has 86 valence electrons. The first-order valence-corrected chi connectivity index (χ1v) is 5.58. The zero-order valence-corrected chi connectivity index (χ0v) is 9.27. The van der Waals surface area contributed by atoms with E-state index < -0.39 is 0 Å². The van der Waals surface area contributed by atoms with Gasteiger partial charge < -0.3 is 4.74 Å². The smallest absolute Gasteiger partial charge is 0.150 e. The molecule has 4 nitrogen and oxygen atoms in total. The lowest BCUT2D eigenvalue weighted by molar-refractivity contribution is 0.110. The van der Waals surface area contributed by atoms with Gasteiger partial charge in [-0.3, -0.25) is 9.89 Å². The van der Waals surface area contributed by atoms with E-state index >= 15 is 0 Å². The number of nitrogens with one attached hydrogen (secondary N) is 1. The van der Waals surface area contributed by atoms with E-state index in [1.165, 1.54) is 0 Å². The van der Waals surface area contributed by atoms with Crippen LogP contribution < -0.4 is 0 Å². The third kappa shape index (κ3) is 1.76. The lowest BCUT2D eigenvalue weighted by Gasteiger charge is -2.12. The third-order valence-electron chi connectivity index (χ3n) is 2.99. The molecule has 0 saturated heterocycles. The van der Waals surface area contributed by atoms with Crippen molar-refractivity contribution in [3.05, 3.63) is 41.1 Å². The number of aromatic nitrogens is 2. The summed E-state index contributed by atoms with van der Waals surface area (Å²) in [5.41, 5.74) is 4.76. The Morgan fingerprint density at radius 2 is 2.35 bits per heavy atom. The maximum Gasteiger partial charge on any atom is 0.150 e. The number of nitrogens with zero attached hydrogens (tertiary/aromatic N) is 1. The molecule has 1 N–H and O–H groups in total. The molecule has 0 amide bonds. The number of hydrogen-bond donors (Lipinski definition) is 1. The number of carbonyl (C=O) groups excluding carboxylic acids is 1. The molecule has 3 rings (SSSR count). The van der Waals surface area contributed by atoms with Crippen molar-refractivity contribution in [2.75, 3.05) is 6.61 Å². The maximum absolute atomic E-state index is 10.8. The fourth-order valence-corrected chi connectivity index (χ4v) is 2.11. The van der Waals surface area contributed by atoms with Gasteiger partial charge >= 0.3 is 0 Å². The van der Waals surface area contributed by atoms with Gasteiger partial charge in [-0.2, -0.15) is 5.10 Å². The predicted molar refractivity (Wildman–Crippen MR) is 62.8 cm³/mol. The number of H-pyrrole nitrogens is 1. The summed E-state index contributed by atoms with van der Waals surface area (Å²) in [5, 5.41) is 7.37. The summed E-state index contributed by atoms with van der Waals surface area (Å²) in [6.07, 6.45) is 1.72. The van der Waals surface area contributed by atoms with Gasteiger partial charge in [-0.25, -0.2) is 0 Å². The molecule has 4 heteroatoms. The lowest BCUT2D eigenvalue weighted by Crippen LogP contribution is -2.08. The summed E-state index contributed by atoms with van der Waals surface area (Å²) >= 11 is 0. The van der Waals surface area contributed by atoms with Gasteiger partial charge in [-0.05, 0) is 6.07 Å². The first-order valence-electron chi connectivity index (χ1n) is 5.58. The minimum Gasteiger partial charge on any atom is -0.376 e. The predicted octanol–water partition coefficient (Wildman–Crippen LogP) is 1.96. The molecule has 1 aliphatic rings. The molecule has 1 aromatic heterocycles. The highest BCUT2D eigenvalue weighted by Crippen LogP contribution is 2.27. The van der Waals surface area contributed by atoms with E-state index in [9.17, 15) is 4.79 Å². The highest BCUT2D eigenvalue weighted by atomic mass is 16.5. The number of aldehydes is 1. The Bertz CT molecular complexity index is 560. The Balaban J connectivity index is 2.08. The molecule has 0 spiro atoms. The van der Waals surface area contributed by atoms with Gasteiger partial charge in [0.2, 0.25) is 0 Å². The number of benzene rings is 1. The van der Waals surface area contributed by atoms with E-state index in [0.29, 0.717) is 12.2 Å². The Hall–Kier alpha value is -1.94. The van der Waals surface area contributed by atoms with E-state index in [0.717, 1.165) is 41.8 Å². The Labute approximate surface area is 98.6 Å². The van der Waals surface area contributed by atoms with Crippen LogP contribution in [0.15, 0.2) is 24.3 Å². The zero-order valence-electron chi connectivity index (χ0n) is 9.27. The summed E-state index contributed by atoms with van der Waals surface area (Å²) in [5.74, 6) is 0. The van der Waals surface area contributed by atoms with Crippen molar-refractivity contribution in [3.63, 3.8) is 0 Å². The van der Waals surface area contributed by atoms with Crippen LogP contribution in [-0.2, 0) is 17.8 Å². The van der Waals surface area contributed by atoms with Gasteiger partial charge in [-0.15, -0.1) is 0 Å². The van der Waals surface area contributed by atoms with Gasteiger partial charge in [0.15, 0.2) is 0 Å². The van der Waals surface area contributed by atoms with Crippen molar-refractivity contribution >= 4 is 6.29 Å². The topological polar surface area (TPSA) is 55.0 Å². The molecule has 2 heterocycles. The van der Waals surface area contributed by atoms with E-state index in [-0.39, 0.29) is 0 Å². The molecule has 17 heavy (non-hydrogen) atoms. The average Bonchev–Trinajstić information content (AvgIpc) is 2.82. The van der Waals surface area contributed by atoms with Crippen LogP contribution >= 0.6 is 0 Å². The van der Waals surface area contributed by atoms with Gasteiger partial charge in [0, 0.05) is 28.8 Å². The number of fused-ring (bicyclic) bond motifs is 1. The number of hydrogen-bond acceptors (Lipinski definition) is 3. The van der Waals surface area contributed by atoms with Crippen molar-refractivity contribution in [1.29, 1.82) is 0 Å². The molecule has 1 aromatic carbocycles. The molecule has 0 atom stereocenters. The van der Waals surface area contributed by atoms with E-state index in [1.54, 1.807) is 6.07 Å². The first kappa shape index (κ1) is 10.2. The molecule has 0 unspecified atom stereocenters.